The number of aromatic nitrogens is 3. The first kappa shape index (κ1) is 20.6. The second kappa shape index (κ2) is 6.90. The molecule has 33 heavy (non-hydrogen) atoms. The van der Waals surface area contributed by atoms with E-state index in [9.17, 15) is 9.90 Å². The van der Waals surface area contributed by atoms with Gasteiger partial charge in [0.15, 0.2) is 5.78 Å². The molecule has 2 aromatic rings. The summed E-state index contributed by atoms with van der Waals surface area (Å²) in [5.41, 5.74) is 0.684. The maximum absolute atomic E-state index is 13.8. The fourth-order valence-corrected chi connectivity index (χ4v) is 9.94. The molecule has 10 atom stereocenters. The molecular weight excluding hydrogens is 410 g/mol. The van der Waals surface area contributed by atoms with Gasteiger partial charge in [0.05, 0.1) is 23.5 Å². The quantitative estimate of drug-likeness (QED) is 0.728. The fourth-order valence-electron chi connectivity index (χ4n) is 9.94. The number of carbonyl (C=O) groups excluding carboxylic acids is 1. The maximum Gasteiger partial charge on any atom is 0.158 e. The molecule has 7 rings (SSSR count). The Morgan fingerprint density at radius 2 is 1.91 bits per heavy atom. The van der Waals surface area contributed by atoms with Crippen LogP contribution in [0.3, 0.4) is 0 Å². The van der Waals surface area contributed by atoms with Gasteiger partial charge in [-0.05, 0) is 111 Å². The van der Waals surface area contributed by atoms with Gasteiger partial charge in [-0.25, -0.2) is 0 Å². The summed E-state index contributed by atoms with van der Waals surface area (Å²) in [5.74, 6) is 5.88. The summed E-state index contributed by atoms with van der Waals surface area (Å²) in [6, 6.07) is 1.97. The molecule has 0 aliphatic heterocycles. The summed E-state index contributed by atoms with van der Waals surface area (Å²) in [6.45, 7) is 4.91. The molecule has 5 heteroatoms. The molecule has 0 bridgehead atoms. The summed E-state index contributed by atoms with van der Waals surface area (Å²) >= 11 is 0. The molecule has 0 saturated heterocycles. The van der Waals surface area contributed by atoms with Crippen LogP contribution in [0.15, 0.2) is 24.7 Å². The number of Topliss-reactive ketones (excluding diaryl/α,β-unsaturated/α-hetero) is 1. The van der Waals surface area contributed by atoms with E-state index in [0.29, 0.717) is 18.2 Å². The Morgan fingerprint density at radius 1 is 1.06 bits per heavy atom. The second-order valence-corrected chi connectivity index (χ2v) is 12.9. The van der Waals surface area contributed by atoms with Gasteiger partial charge in [-0.2, -0.15) is 5.10 Å². The standard InChI is InChI=1S/C28H37N3O2/c1-27(33)8-5-18-16(12-27)3-4-20-19(18)6-9-28(2)25(20)21-11-22(21)26(28)24(32)15-31-23-14-29-10-7-17(23)13-30-31/h7,10,13-14,16,18-22,25-26,33H,3-6,8-9,11-12,15H2,1-2H3/t16?,18-,19+,20+,21+,22-,25+,26+,27+,28-/m0/s1. The lowest BCUT2D eigenvalue weighted by atomic mass is 9.48. The lowest BCUT2D eigenvalue weighted by Crippen LogP contribution is -2.52. The lowest BCUT2D eigenvalue weighted by Gasteiger charge is -2.57. The zero-order valence-electron chi connectivity index (χ0n) is 20.0. The van der Waals surface area contributed by atoms with Crippen LogP contribution in [-0.2, 0) is 11.3 Å². The predicted octanol–water partition coefficient (Wildman–Crippen LogP) is 4.88. The van der Waals surface area contributed by atoms with E-state index < -0.39 is 5.60 Å². The summed E-state index contributed by atoms with van der Waals surface area (Å²) in [7, 11) is 0. The average Bonchev–Trinajstić information content (AvgIpc) is 3.34. The van der Waals surface area contributed by atoms with Gasteiger partial charge in [0.25, 0.3) is 0 Å². The number of hydrogen-bond donors (Lipinski definition) is 1. The highest BCUT2D eigenvalue weighted by Crippen LogP contribution is 2.74. The van der Waals surface area contributed by atoms with Crippen LogP contribution in [0.4, 0.5) is 0 Å². The van der Waals surface area contributed by atoms with Gasteiger partial charge in [0.2, 0.25) is 0 Å². The minimum atomic E-state index is -0.449. The van der Waals surface area contributed by atoms with Crippen molar-refractivity contribution >= 4 is 16.7 Å². The Bertz CT molecular complexity index is 1110. The molecule has 0 amide bonds. The Kier molecular flexibility index (Phi) is 4.31. The minimum Gasteiger partial charge on any atom is -0.390 e. The van der Waals surface area contributed by atoms with E-state index in [1.54, 1.807) is 6.20 Å². The molecule has 1 N–H and O–H groups in total. The Balaban J connectivity index is 1.14. The van der Waals surface area contributed by atoms with Gasteiger partial charge < -0.3 is 5.11 Å². The summed E-state index contributed by atoms with van der Waals surface area (Å²) in [6.07, 6.45) is 15.0. The highest BCUT2D eigenvalue weighted by molar-refractivity contribution is 5.85. The van der Waals surface area contributed by atoms with Crippen molar-refractivity contribution < 1.29 is 9.90 Å². The van der Waals surface area contributed by atoms with E-state index >= 15 is 0 Å². The number of hydrogen-bond acceptors (Lipinski definition) is 4. The van der Waals surface area contributed by atoms with Crippen LogP contribution in [-0.4, -0.2) is 31.3 Å². The first-order valence-electron chi connectivity index (χ1n) is 13.4. The van der Waals surface area contributed by atoms with Crippen LogP contribution in [0.2, 0.25) is 0 Å². The Hall–Kier alpha value is -1.75. The molecule has 5 saturated carbocycles. The molecule has 0 aromatic carbocycles. The van der Waals surface area contributed by atoms with E-state index in [1.807, 2.05) is 30.1 Å². The monoisotopic (exact) mass is 447 g/mol. The fraction of sp³-hybridized carbons (Fsp3) is 0.750. The average molecular weight is 448 g/mol. The van der Waals surface area contributed by atoms with Crippen LogP contribution < -0.4 is 0 Å². The number of aliphatic hydroxyl groups is 1. The number of ketones is 1. The van der Waals surface area contributed by atoms with Crippen molar-refractivity contribution in [3.8, 4) is 0 Å². The van der Waals surface area contributed by atoms with Gasteiger partial charge in [-0.3, -0.25) is 14.5 Å². The molecule has 0 radical (unpaired) electrons. The van der Waals surface area contributed by atoms with Gasteiger partial charge in [0.1, 0.15) is 6.54 Å². The van der Waals surface area contributed by atoms with Gasteiger partial charge in [-0.15, -0.1) is 0 Å². The van der Waals surface area contributed by atoms with Gasteiger partial charge in [-0.1, -0.05) is 6.92 Å². The summed E-state index contributed by atoms with van der Waals surface area (Å²) < 4.78 is 1.88. The van der Waals surface area contributed by atoms with Crippen LogP contribution in [0.5, 0.6) is 0 Å². The highest BCUT2D eigenvalue weighted by atomic mass is 16.3. The molecule has 176 valence electrons. The summed E-state index contributed by atoms with van der Waals surface area (Å²) in [5, 5.41) is 16.3. The van der Waals surface area contributed by atoms with Crippen molar-refractivity contribution in [2.24, 2.45) is 52.8 Å². The van der Waals surface area contributed by atoms with Crippen LogP contribution in [0, 0.1) is 52.8 Å². The van der Waals surface area contributed by atoms with Crippen molar-refractivity contribution in [3.05, 3.63) is 24.7 Å². The Labute approximate surface area is 196 Å². The first-order chi connectivity index (χ1) is 15.9. The van der Waals surface area contributed by atoms with E-state index in [0.717, 1.165) is 59.3 Å². The predicted molar refractivity (Wildman–Crippen MR) is 126 cm³/mol. The van der Waals surface area contributed by atoms with Gasteiger partial charge >= 0.3 is 0 Å². The third-order valence-corrected chi connectivity index (χ3v) is 11.1. The van der Waals surface area contributed by atoms with E-state index in [4.69, 9.17) is 0 Å². The van der Waals surface area contributed by atoms with E-state index in [1.165, 1.54) is 38.5 Å². The molecule has 5 fully saturated rings. The zero-order valence-corrected chi connectivity index (χ0v) is 20.0. The number of pyridine rings is 1. The number of nitrogens with zero attached hydrogens (tertiary/aromatic N) is 3. The second-order valence-electron chi connectivity index (χ2n) is 12.9. The maximum atomic E-state index is 13.8. The van der Waals surface area contributed by atoms with Crippen molar-refractivity contribution in [2.75, 3.05) is 0 Å². The number of carbonyl (C=O) groups is 1. The van der Waals surface area contributed by atoms with Crippen molar-refractivity contribution in [3.63, 3.8) is 0 Å². The van der Waals surface area contributed by atoms with Crippen molar-refractivity contribution in [2.45, 2.75) is 77.4 Å². The highest BCUT2D eigenvalue weighted by Gasteiger charge is 2.70. The third-order valence-electron chi connectivity index (χ3n) is 11.1. The molecule has 2 heterocycles. The van der Waals surface area contributed by atoms with Crippen molar-refractivity contribution in [1.82, 2.24) is 14.8 Å². The molecule has 5 aliphatic rings. The van der Waals surface area contributed by atoms with Crippen LogP contribution in [0.1, 0.15) is 65.2 Å². The third kappa shape index (κ3) is 2.96. The van der Waals surface area contributed by atoms with E-state index in [-0.39, 0.29) is 11.3 Å². The normalized spacial score (nSPS) is 48.0. The largest absolute Gasteiger partial charge is 0.390 e. The topological polar surface area (TPSA) is 68.0 Å². The Morgan fingerprint density at radius 3 is 2.79 bits per heavy atom. The molecule has 2 aromatic heterocycles. The molecule has 1 unspecified atom stereocenters. The zero-order chi connectivity index (χ0) is 22.5. The number of rotatable bonds is 3. The van der Waals surface area contributed by atoms with Gasteiger partial charge in [0, 0.05) is 17.5 Å². The van der Waals surface area contributed by atoms with E-state index in [2.05, 4.69) is 17.0 Å². The molecular formula is C28H37N3O2. The number of fused-ring (bicyclic) bond motifs is 8. The first-order valence-corrected chi connectivity index (χ1v) is 13.4. The van der Waals surface area contributed by atoms with Crippen molar-refractivity contribution in [1.29, 1.82) is 0 Å². The lowest BCUT2D eigenvalue weighted by molar-refractivity contribution is -0.136. The van der Waals surface area contributed by atoms with Crippen LogP contribution in [0.25, 0.3) is 10.9 Å². The minimum absolute atomic E-state index is 0.167. The molecule has 5 nitrogen and oxygen atoms in total. The molecule has 0 spiro atoms. The smallest absolute Gasteiger partial charge is 0.158 e. The van der Waals surface area contributed by atoms with Crippen LogP contribution >= 0.6 is 0 Å². The SMILES string of the molecule is C[C@@]1(O)CC[C@H]2C(CC[C@@H]3[C@@H]2CC[C@@]2(C)[C@H]3[C@@H]3C[C@@H]3[C@@H]2C(=O)Cn2ncc3ccncc32)C1. The summed E-state index contributed by atoms with van der Waals surface area (Å²) in [4.78, 5) is 18.1. The molecule has 5 aliphatic carbocycles.